The van der Waals surface area contributed by atoms with E-state index in [0.717, 1.165) is 31.4 Å². The SMILES string of the molecule is CCNC(=O)Nc1cc(C(F)(F)F)ccc1OC[C@@H](NC(=S)N[C@@H]1CCCC[C@H]1N(C)C)C(C)C. The standard InChI is InChI=1S/C24H38F3N5O2S/c1-6-28-22(33)29-18-13-16(24(25,26)27)11-12-21(18)34-14-19(15(2)3)31-23(35)30-17-9-7-8-10-20(17)32(4)5/h11-13,15,17,19-20H,6-10,14H2,1-5H3,(H2,28,29,33)(H2,30,31,35)/t17-,19-,20-/m1/s1. The Morgan fingerprint density at radius 1 is 1.23 bits per heavy atom. The van der Waals surface area contributed by atoms with Crippen LogP contribution < -0.4 is 26.0 Å². The molecule has 3 atom stereocenters. The summed E-state index contributed by atoms with van der Waals surface area (Å²) in [5.74, 6) is 0.274. The number of anilines is 1. The molecule has 1 aliphatic carbocycles. The number of benzene rings is 1. The first kappa shape index (κ1) is 29.0. The van der Waals surface area contributed by atoms with Crippen molar-refractivity contribution >= 4 is 29.0 Å². The molecule has 4 N–H and O–H groups in total. The zero-order valence-electron chi connectivity index (χ0n) is 21.1. The molecule has 0 aromatic heterocycles. The number of urea groups is 1. The number of carbonyl (C=O) groups is 1. The molecule has 0 saturated heterocycles. The van der Waals surface area contributed by atoms with Gasteiger partial charge in [-0.2, -0.15) is 13.2 Å². The van der Waals surface area contributed by atoms with E-state index in [9.17, 15) is 18.0 Å². The van der Waals surface area contributed by atoms with Crippen molar-refractivity contribution in [2.24, 2.45) is 5.92 Å². The van der Waals surface area contributed by atoms with E-state index < -0.39 is 17.8 Å². The summed E-state index contributed by atoms with van der Waals surface area (Å²) in [4.78, 5) is 14.2. The predicted octanol–water partition coefficient (Wildman–Crippen LogP) is 4.59. The smallest absolute Gasteiger partial charge is 0.416 e. The summed E-state index contributed by atoms with van der Waals surface area (Å²) in [5, 5.41) is 12.2. The minimum Gasteiger partial charge on any atom is -0.489 e. The topological polar surface area (TPSA) is 77.7 Å². The first-order valence-corrected chi connectivity index (χ1v) is 12.5. The molecule has 1 aromatic carbocycles. The molecule has 1 fully saturated rings. The summed E-state index contributed by atoms with van der Waals surface area (Å²) in [6.45, 7) is 6.21. The lowest BCUT2D eigenvalue weighted by Gasteiger charge is -2.37. The molecule has 2 amide bonds. The van der Waals surface area contributed by atoms with E-state index in [1.54, 1.807) is 6.92 Å². The molecule has 0 heterocycles. The highest BCUT2D eigenvalue weighted by Crippen LogP contribution is 2.35. The highest BCUT2D eigenvalue weighted by molar-refractivity contribution is 7.80. The summed E-state index contributed by atoms with van der Waals surface area (Å²) in [6, 6.07) is 2.87. The fraction of sp³-hybridized carbons (Fsp3) is 0.667. The van der Waals surface area contributed by atoms with Crippen molar-refractivity contribution in [3.05, 3.63) is 23.8 Å². The number of hydrogen-bond donors (Lipinski definition) is 4. The van der Waals surface area contributed by atoms with Gasteiger partial charge in [-0.15, -0.1) is 0 Å². The first-order chi connectivity index (χ1) is 16.4. The number of likely N-dealkylation sites (N-methyl/N-ethyl adjacent to an activating group) is 1. The van der Waals surface area contributed by atoms with Gasteiger partial charge >= 0.3 is 12.2 Å². The Bertz CT molecular complexity index is 851. The number of amides is 2. The average Bonchev–Trinajstić information content (AvgIpc) is 2.76. The third kappa shape index (κ3) is 9.03. The van der Waals surface area contributed by atoms with E-state index in [0.29, 0.717) is 17.7 Å². The molecule has 7 nitrogen and oxygen atoms in total. The Balaban J connectivity index is 2.09. The van der Waals surface area contributed by atoms with Crippen molar-refractivity contribution in [2.45, 2.75) is 70.8 Å². The molecule has 0 unspecified atom stereocenters. The first-order valence-electron chi connectivity index (χ1n) is 12.0. The molecule has 0 radical (unpaired) electrons. The van der Waals surface area contributed by atoms with Crippen LogP contribution >= 0.6 is 12.2 Å². The second-order valence-electron chi connectivity index (χ2n) is 9.39. The normalized spacial score (nSPS) is 19.3. The zero-order valence-corrected chi connectivity index (χ0v) is 21.9. The fourth-order valence-electron chi connectivity index (χ4n) is 4.11. The number of halogens is 3. The molecular weight excluding hydrogens is 479 g/mol. The van der Waals surface area contributed by atoms with Crippen LogP contribution in [0.4, 0.5) is 23.7 Å². The molecular formula is C24H38F3N5O2S. The van der Waals surface area contributed by atoms with Crippen LogP contribution in [0.1, 0.15) is 52.0 Å². The number of ether oxygens (including phenoxy) is 1. The predicted molar refractivity (Wildman–Crippen MR) is 137 cm³/mol. The van der Waals surface area contributed by atoms with Crippen LogP contribution in [-0.2, 0) is 6.18 Å². The molecule has 35 heavy (non-hydrogen) atoms. The molecule has 11 heteroatoms. The van der Waals surface area contributed by atoms with Gasteiger partial charge in [0.05, 0.1) is 17.3 Å². The van der Waals surface area contributed by atoms with Crippen molar-refractivity contribution in [1.29, 1.82) is 0 Å². The Labute approximate surface area is 211 Å². The van der Waals surface area contributed by atoms with Crippen molar-refractivity contribution in [3.63, 3.8) is 0 Å². The Kier molecular flexibility index (Phi) is 10.9. The molecule has 0 aliphatic heterocycles. The van der Waals surface area contributed by atoms with E-state index in [4.69, 9.17) is 17.0 Å². The lowest BCUT2D eigenvalue weighted by atomic mass is 9.89. The van der Waals surface area contributed by atoms with Crippen molar-refractivity contribution in [2.75, 3.05) is 32.6 Å². The molecule has 0 spiro atoms. The monoisotopic (exact) mass is 517 g/mol. The fourth-order valence-corrected chi connectivity index (χ4v) is 4.42. The number of nitrogens with one attached hydrogen (secondary N) is 4. The van der Waals surface area contributed by atoms with Crippen molar-refractivity contribution in [1.82, 2.24) is 20.9 Å². The Morgan fingerprint density at radius 2 is 1.91 bits per heavy atom. The van der Waals surface area contributed by atoms with Gasteiger partial charge in [-0.25, -0.2) is 4.79 Å². The van der Waals surface area contributed by atoms with E-state index in [-0.39, 0.29) is 36.0 Å². The summed E-state index contributed by atoms with van der Waals surface area (Å²) in [7, 11) is 4.14. The quantitative estimate of drug-likeness (QED) is 0.359. The lowest BCUT2D eigenvalue weighted by Crippen LogP contribution is -2.56. The minimum absolute atomic E-state index is 0.0509. The van der Waals surface area contributed by atoms with Gasteiger partial charge in [0.1, 0.15) is 12.4 Å². The number of rotatable bonds is 9. The second-order valence-corrected chi connectivity index (χ2v) is 9.80. The van der Waals surface area contributed by atoms with Gasteiger partial charge in [0.15, 0.2) is 5.11 Å². The van der Waals surface area contributed by atoms with Crippen LogP contribution in [0.5, 0.6) is 5.75 Å². The molecule has 0 bridgehead atoms. The average molecular weight is 518 g/mol. The van der Waals surface area contributed by atoms with Crippen molar-refractivity contribution in [3.8, 4) is 5.75 Å². The van der Waals surface area contributed by atoms with Crippen LogP contribution in [0.3, 0.4) is 0 Å². The Morgan fingerprint density at radius 3 is 2.51 bits per heavy atom. The summed E-state index contributed by atoms with van der Waals surface area (Å²) in [6.07, 6.45) is -0.0487. The van der Waals surface area contributed by atoms with Gasteiger partial charge in [0, 0.05) is 18.6 Å². The number of hydrogen-bond acceptors (Lipinski definition) is 4. The van der Waals surface area contributed by atoms with Crippen LogP contribution in [0.2, 0.25) is 0 Å². The minimum atomic E-state index is -4.54. The van der Waals surface area contributed by atoms with E-state index in [2.05, 4.69) is 40.3 Å². The van der Waals surface area contributed by atoms with Gasteiger partial charge in [0.25, 0.3) is 0 Å². The molecule has 2 rings (SSSR count). The van der Waals surface area contributed by atoms with Gasteiger partial charge < -0.3 is 30.9 Å². The Hall–Kier alpha value is -2.27. The van der Waals surface area contributed by atoms with Crippen LogP contribution in [0, 0.1) is 5.92 Å². The van der Waals surface area contributed by atoms with Gasteiger partial charge in [-0.05, 0) is 70.2 Å². The van der Waals surface area contributed by atoms with Gasteiger partial charge in [-0.3, -0.25) is 0 Å². The number of alkyl halides is 3. The highest BCUT2D eigenvalue weighted by atomic mass is 32.1. The number of nitrogens with zero attached hydrogens (tertiary/aromatic N) is 1. The van der Waals surface area contributed by atoms with Gasteiger partial charge in [0.2, 0.25) is 0 Å². The highest BCUT2D eigenvalue weighted by Gasteiger charge is 2.32. The third-order valence-corrected chi connectivity index (χ3v) is 6.38. The summed E-state index contributed by atoms with van der Waals surface area (Å²) >= 11 is 5.58. The summed E-state index contributed by atoms with van der Waals surface area (Å²) < 4.78 is 45.5. The number of carbonyl (C=O) groups excluding carboxylic acids is 1. The molecule has 198 valence electrons. The van der Waals surface area contributed by atoms with Crippen LogP contribution in [-0.4, -0.2) is 61.4 Å². The molecule has 1 saturated carbocycles. The second kappa shape index (κ2) is 13.2. The van der Waals surface area contributed by atoms with E-state index in [1.807, 2.05) is 13.8 Å². The number of thiocarbonyl (C=S) groups is 1. The summed E-state index contributed by atoms with van der Waals surface area (Å²) in [5.41, 5.74) is -0.923. The zero-order chi connectivity index (χ0) is 26.2. The van der Waals surface area contributed by atoms with Crippen LogP contribution in [0.15, 0.2) is 18.2 Å². The third-order valence-electron chi connectivity index (χ3n) is 6.14. The van der Waals surface area contributed by atoms with E-state index >= 15 is 0 Å². The van der Waals surface area contributed by atoms with Crippen LogP contribution in [0.25, 0.3) is 0 Å². The largest absolute Gasteiger partial charge is 0.489 e. The van der Waals surface area contributed by atoms with Gasteiger partial charge in [-0.1, -0.05) is 26.7 Å². The molecule has 1 aromatic rings. The maximum atomic E-state index is 13.2. The molecule has 1 aliphatic rings. The maximum Gasteiger partial charge on any atom is 0.416 e. The maximum absolute atomic E-state index is 13.2. The van der Waals surface area contributed by atoms with Crippen molar-refractivity contribution < 1.29 is 22.7 Å². The van der Waals surface area contributed by atoms with E-state index in [1.165, 1.54) is 12.5 Å². The lowest BCUT2D eigenvalue weighted by molar-refractivity contribution is -0.137.